The van der Waals surface area contributed by atoms with Gasteiger partial charge in [0.15, 0.2) is 0 Å². The Morgan fingerprint density at radius 2 is 2.14 bits per heavy atom. The van der Waals surface area contributed by atoms with Gasteiger partial charge in [0.1, 0.15) is 0 Å². The number of nitrogens with zero attached hydrogens (tertiary/aromatic N) is 1. The van der Waals surface area contributed by atoms with Crippen LogP contribution in [0.25, 0.3) is 0 Å². The minimum atomic E-state index is -0.0373. The second-order valence-electron chi connectivity index (χ2n) is 5.15. The molecule has 0 unspecified atom stereocenters. The first kappa shape index (κ1) is 15.5. The zero-order valence-corrected chi connectivity index (χ0v) is 13.2. The lowest BCUT2D eigenvalue weighted by Gasteiger charge is -2.17. The number of likely N-dealkylation sites (N-methyl/N-ethyl adjacent to an activating group) is 1. The lowest BCUT2D eigenvalue weighted by atomic mass is 10.1. The molecule has 0 saturated carbocycles. The van der Waals surface area contributed by atoms with Gasteiger partial charge in [0.25, 0.3) is 0 Å². The van der Waals surface area contributed by atoms with Crippen molar-refractivity contribution < 1.29 is 4.79 Å². The second kappa shape index (κ2) is 7.24. The maximum absolute atomic E-state index is 12.1. The Morgan fingerprint density at radius 1 is 1.33 bits per heavy atom. The summed E-state index contributed by atoms with van der Waals surface area (Å²) in [5.41, 5.74) is 8.19. The number of nitrogens with one attached hydrogen (secondary N) is 1. The van der Waals surface area contributed by atoms with Crippen LogP contribution in [0.3, 0.4) is 0 Å². The highest BCUT2D eigenvalue weighted by Crippen LogP contribution is 2.22. The number of hydrogen-bond acceptors (Lipinski definition) is 4. The van der Waals surface area contributed by atoms with E-state index in [2.05, 4.69) is 16.8 Å². The van der Waals surface area contributed by atoms with E-state index in [0.29, 0.717) is 17.9 Å². The zero-order chi connectivity index (χ0) is 15.2. The molecule has 21 heavy (non-hydrogen) atoms. The minimum absolute atomic E-state index is 0.0373. The maximum atomic E-state index is 12.1. The van der Waals surface area contributed by atoms with Crippen LogP contribution in [-0.2, 0) is 11.2 Å². The fourth-order valence-corrected chi connectivity index (χ4v) is 2.82. The molecule has 0 aliphatic heterocycles. The summed E-state index contributed by atoms with van der Waals surface area (Å²) in [4.78, 5) is 15.4. The average Bonchev–Trinajstić information content (AvgIpc) is 2.94. The summed E-state index contributed by atoms with van der Waals surface area (Å²) in [5.74, 6) is -0.0373. The molecule has 3 N–H and O–H groups in total. The summed E-state index contributed by atoms with van der Waals surface area (Å²) >= 11 is 1.75. The third kappa shape index (κ3) is 4.58. The fourth-order valence-electron chi connectivity index (χ4n) is 2.12. The van der Waals surface area contributed by atoms with Gasteiger partial charge in [-0.15, -0.1) is 11.3 Å². The van der Waals surface area contributed by atoms with Gasteiger partial charge in [-0.05, 0) is 43.5 Å². The molecule has 0 bridgehead atoms. The molecule has 5 heteroatoms. The largest absolute Gasteiger partial charge is 0.397 e. The maximum Gasteiger partial charge on any atom is 0.238 e. The molecule has 0 radical (unpaired) electrons. The monoisotopic (exact) mass is 303 g/mol. The Labute approximate surface area is 129 Å². The Kier molecular flexibility index (Phi) is 5.36. The molecule has 0 saturated heterocycles. The van der Waals surface area contributed by atoms with Gasteiger partial charge in [-0.2, -0.15) is 0 Å². The van der Waals surface area contributed by atoms with Gasteiger partial charge in [0.2, 0.25) is 5.91 Å². The van der Waals surface area contributed by atoms with Crippen molar-refractivity contribution in [3.8, 4) is 0 Å². The van der Waals surface area contributed by atoms with Crippen molar-refractivity contribution in [2.45, 2.75) is 13.3 Å². The van der Waals surface area contributed by atoms with Gasteiger partial charge in [-0.1, -0.05) is 18.2 Å². The molecule has 2 aromatic rings. The standard InChI is InChI=1S/C16H21N3OS/c1-12-5-3-7-14(17)16(12)18-15(20)11-19(2)9-8-13-6-4-10-21-13/h3-7,10H,8-9,11,17H2,1-2H3,(H,18,20). The Balaban J connectivity index is 1.83. The van der Waals surface area contributed by atoms with E-state index in [1.54, 1.807) is 17.4 Å². The topological polar surface area (TPSA) is 58.4 Å². The summed E-state index contributed by atoms with van der Waals surface area (Å²) in [7, 11) is 1.95. The van der Waals surface area contributed by atoms with Crippen LogP contribution < -0.4 is 11.1 Å². The molecule has 4 nitrogen and oxygen atoms in total. The van der Waals surface area contributed by atoms with Gasteiger partial charge in [-0.25, -0.2) is 0 Å². The highest BCUT2D eigenvalue weighted by atomic mass is 32.1. The van der Waals surface area contributed by atoms with Crippen molar-refractivity contribution >= 4 is 28.6 Å². The first-order chi connectivity index (χ1) is 10.1. The van der Waals surface area contributed by atoms with Crippen LogP contribution in [0.4, 0.5) is 11.4 Å². The molecule has 0 aliphatic carbocycles. The molecular formula is C16H21N3OS. The molecule has 1 aromatic carbocycles. The molecular weight excluding hydrogens is 282 g/mol. The van der Waals surface area contributed by atoms with Crippen LogP contribution in [0.1, 0.15) is 10.4 Å². The van der Waals surface area contributed by atoms with Crippen molar-refractivity contribution in [1.82, 2.24) is 4.90 Å². The van der Waals surface area contributed by atoms with Gasteiger partial charge in [0.05, 0.1) is 17.9 Å². The van der Waals surface area contributed by atoms with E-state index in [1.807, 2.05) is 37.1 Å². The number of nitrogen functional groups attached to an aromatic ring is 1. The molecule has 1 amide bonds. The van der Waals surface area contributed by atoms with Crippen molar-refractivity contribution in [2.75, 3.05) is 31.2 Å². The van der Waals surface area contributed by atoms with Crippen LogP contribution >= 0.6 is 11.3 Å². The summed E-state index contributed by atoms with van der Waals surface area (Å²) in [6, 6.07) is 9.78. The molecule has 0 fully saturated rings. The van der Waals surface area contributed by atoms with Gasteiger partial charge in [-0.3, -0.25) is 9.69 Å². The van der Waals surface area contributed by atoms with Crippen molar-refractivity contribution in [2.24, 2.45) is 0 Å². The fraction of sp³-hybridized carbons (Fsp3) is 0.312. The molecule has 2 rings (SSSR count). The SMILES string of the molecule is Cc1cccc(N)c1NC(=O)CN(C)CCc1cccs1. The van der Waals surface area contributed by atoms with Crippen LogP contribution in [0, 0.1) is 6.92 Å². The zero-order valence-electron chi connectivity index (χ0n) is 12.4. The Hall–Kier alpha value is -1.85. The van der Waals surface area contributed by atoms with Crippen LogP contribution in [0.5, 0.6) is 0 Å². The Bertz CT molecular complexity index is 575. The number of benzene rings is 1. The number of thiophene rings is 1. The number of carbonyl (C=O) groups excluding carboxylic acids is 1. The third-order valence-electron chi connectivity index (χ3n) is 3.30. The third-order valence-corrected chi connectivity index (χ3v) is 4.24. The number of carbonyl (C=O) groups is 1. The number of para-hydroxylation sites is 1. The summed E-state index contributed by atoms with van der Waals surface area (Å²) in [5, 5.41) is 4.97. The normalized spacial score (nSPS) is 10.8. The highest BCUT2D eigenvalue weighted by molar-refractivity contribution is 7.09. The summed E-state index contributed by atoms with van der Waals surface area (Å²) in [6.07, 6.45) is 0.966. The number of anilines is 2. The minimum Gasteiger partial charge on any atom is -0.397 e. The van der Waals surface area contributed by atoms with E-state index in [9.17, 15) is 4.79 Å². The lowest BCUT2D eigenvalue weighted by molar-refractivity contribution is -0.117. The van der Waals surface area contributed by atoms with Crippen molar-refractivity contribution in [1.29, 1.82) is 0 Å². The molecule has 0 spiro atoms. The predicted octanol–water partition coefficient (Wildman–Crippen LogP) is 2.75. The predicted molar refractivity (Wildman–Crippen MR) is 89.7 cm³/mol. The number of rotatable bonds is 6. The molecule has 0 aliphatic rings. The Morgan fingerprint density at radius 3 is 2.81 bits per heavy atom. The number of nitrogens with two attached hydrogens (primary N) is 1. The average molecular weight is 303 g/mol. The molecule has 112 valence electrons. The van der Waals surface area contributed by atoms with Crippen LogP contribution in [-0.4, -0.2) is 30.9 Å². The van der Waals surface area contributed by atoms with Gasteiger partial charge in [0, 0.05) is 11.4 Å². The van der Waals surface area contributed by atoms with Crippen LogP contribution in [0.2, 0.25) is 0 Å². The van der Waals surface area contributed by atoms with E-state index in [4.69, 9.17) is 5.73 Å². The van der Waals surface area contributed by atoms with Crippen molar-refractivity contribution in [3.63, 3.8) is 0 Å². The van der Waals surface area contributed by atoms with E-state index in [1.165, 1.54) is 4.88 Å². The molecule has 0 atom stereocenters. The highest BCUT2D eigenvalue weighted by Gasteiger charge is 2.10. The lowest BCUT2D eigenvalue weighted by Crippen LogP contribution is -2.31. The smallest absolute Gasteiger partial charge is 0.238 e. The van der Waals surface area contributed by atoms with Gasteiger partial charge >= 0.3 is 0 Å². The number of hydrogen-bond donors (Lipinski definition) is 2. The summed E-state index contributed by atoms with van der Waals surface area (Å²) < 4.78 is 0. The van der Waals surface area contributed by atoms with E-state index in [-0.39, 0.29) is 5.91 Å². The number of amides is 1. The second-order valence-corrected chi connectivity index (χ2v) is 6.19. The van der Waals surface area contributed by atoms with E-state index < -0.39 is 0 Å². The first-order valence-corrected chi connectivity index (χ1v) is 7.80. The van der Waals surface area contributed by atoms with Gasteiger partial charge < -0.3 is 11.1 Å². The molecule has 1 heterocycles. The molecule has 1 aromatic heterocycles. The van der Waals surface area contributed by atoms with Crippen LogP contribution in [0.15, 0.2) is 35.7 Å². The van der Waals surface area contributed by atoms with Crippen molar-refractivity contribution in [3.05, 3.63) is 46.2 Å². The summed E-state index contributed by atoms with van der Waals surface area (Å²) in [6.45, 7) is 3.16. The quantitative estimate of drug-likeness (QED) is 0.807. The number of aryl methyl sites for hydroxylation is 1. The van der Waals surface area contributed by atoms with E-state index >= 15 is 0 Å². The van der Waals surface area contributed by atoms with E-state index in [0.717, 1.165) is 18.5 Å². The first-order valence-electron chi connectivity index (χ1n) is 6.92.